The third-order valence-electron chi connectivity index (χ3n) is 5.97. The Labute approximate surface area is 180 Å². The van der Waals surface area contributed by atoms with E-state index < -0.39 is 6.10 Å². The van der Waals surface area contributed by atoms with Crippen LogP contribution in [0.4, 0.5) is 0 Å². The number of esters is 3. The molecule has 6 nitrogen and oxygen atoms in total. The maximum absolute atomic E-state index is 12.0. The van der Waals surface area contributed by atoms with Gasteiger partial charge in [0.15, 0.2) is 6.10 Å². The van der Waals surface area contributed by atoms with Crippen LogP contribution in [0.2, 0.25) is 0 Å². The van der Waals surface area contributed by atoms with Gasteiger partial charge in [0.25, 0.3) is 0 Å². The molecule has 0 spiro atoms. The zero-order valence-corrected chi connectivity index (χ0v) is 18.8. The lowest BCUT2D eigenvalue weighted by Gasteiger charge is -2.18. The smallest absolute Gasteiger partial charge is 0.334 e. The first-order chi connectivity index (χ1) is 14.4. The molecule has 0 saturated carbocycles. The molecule has 4 atom stereocenters. The Morgan fingerprint density at radius 3 is 2.00 bits per heavy atom. The Bertz CT molecular complexity index is 611. The molecular weight excluding hydrogens is 384 g/mol. The largest absolute Gasteiger partial charge is 0.458 e. The summed E-state index contributed by atoms with van der Waals surface area (Å²) in [4.78, 5) is 34.7. The van der Waals surface area contributed by atoms with E-state index in [0.717, 1.165) is 37.7 Å². The number of rotatable bonds is 14. The summed E-state index contributed by atoms with van der Waals surface area (Å²) in [5.41, 5.74) is 0.849. The molecule has 0 radical (unpaired) electrons. The molecule has 1 fully saturated rings. The molecule has 2 heterocycles. The fourth-order valence-corrected chi connectivity index (χ4v) is 4.36. The average molecular weight is 423 g/mol. The van der Waals surface area contributed by atoms with Crippen LogP contribution >= 0.6 is 0 Å². The molecule has 0 aromatic carbocycles. The monoisotopic (exact) mass is 422 g/mol. The maximum atomic E-state index is 12.0. The van der Waals surface area contributed by atoms with E-state index in [9.17, 15) is 14.4 Å². The van der Waals surface area contributed by atoms with Crippen LogP contribution in [0.15, 0.2) is 11.6 Å². The summed E-state index contributed by atoms with van der Waals surface area (Å²) in [6.07, 6.45) is 14.3. The Hall–Kier alpha value is -1.85. The second-order valence-corrected chi connectivity index (χ2v) is 8.70. The van der Waals surface area contributed by atoms with Crippen molar-refractivity contribution in [3.8, 4) is 0 Å². The highest BCUT2D eigenvalue weighted by Gasteiger charge is 2.44. The normalized spacial score (nSPS) is 25.8. The predicted molar refractivity (Wildman–Crippen MR) is 114 cm³/mol. The number of carbonyl (C=O) groups excluding carboxylic acids is 3. The lowest BCUT2D eigenvalue weighted by atomic mass is 9.94. The number of ether oxygens (including phenoxy) is 3. The summed E-state index contributed by atoms with van der Waals surface area (Å²) in [7, 11) is 0. The van der Waals surface area contributed by atoms with Crippen molar-refractivity contribution in [3.63, 3.8) is 0 Å². The summed E-state index contributed by atoms with van der Waals surface area (Å²) >= 11 is 0. The molecule has 2 rings (SSSR count). The van der Waals surface area contributed by atoms with E-state index >= 15 is 0 Å². The summed E-state index contributed by atoms with van der Waals surface area (Å²) < 4.78 is 15.6. The Kier molecular flexibility index (Phi) is 10.4. The average Bonchev–Trinajstić information content (AvgIpc) is 3.13. The summed E-state index contributed by atoms with van der Waals surface area (Å²) in [5, 5.41) is 0. The molecule has 6 heteroatoms. The van der Waals surface area contributed by atoms with Gasteiger partial charge in [-0.2, -0.15) is 0 Å². The van der Waals surface area contributed by atoms with Gasteiger partial charge in [-0.1, -0.05) is 57.8 Å². The van der Waals surface area contributed by atoms with Crippen LogP contribution in [0.5, 0.6) is 0 Å². The second kappa shape index (κ2) is 12.8. The molecular formula is C24H38O6. The molecule has 2 aliphatic rings. The highest BCUT2D eigenvalue weighted by molar-refractivity contribution is 5.90. The van der Waals surface area contributed by atoms with Crippen molar-refractivity contribution in [1.82, 2.24) is 0 Å². The standard InChI is InChI=1S/C24H38O6/c1-17-16-20(23(26)28-17)14-12-10-8-6-4-5-7-9-11-13-15-21-22(30-19(3)25)18(2)29-24(21)27/h16-18,21-22H,4-15H2,1-3H3/t17-,18-,21-,22-/m0/s1. The van der Waals surface area contributed by atoms with E-state index in [1.54, 1.807) is 6.92 Å². The van der Waals surface area contributed by atoms with Gasteiger partial charge in [-0.3, -0.25) is 9.59 Å². The van der Waals surface area contributed by atoms with Gasteiger partial charge in [-0.15, -0.1) is 0 Å². The zero-order valence-electron chi connectivity index (χ0n) is 18.8. The van der Waals surface area contributed by atoms with Crippen LogP contribution in [-0.2, 0) is 28.6 Å². The van der Waals surface area contributed by atoms with Crippen molar-refractivity contribution in [3.05, 3.63) is 11.6 Å². The molecule has 1 saturated heterocycles. The first kappa shape index (κ1) is 24.4. The molecule has 0 amide bonds. The fraction of sp³-hybridized carbons (Fsp3) is 0.792. The van der Waals surface area contributed by atoms with Crippen LogP contribution in [0.3, 0.4) is 0 Å². The van der Waals surface area contributed by atoms with Crippen molar-refractivity contribution in [2.75, 3.05) is 0 Å². The van der Waals surface area contributed by atoms with Crippen molar-refractivity contribution >= 4 is 17.9 Å². The summed E-state index contributed by atoms with van der Waals surface area (Å²) in [5.74, 6) is -1.04. The van der Waals surface area contributed by atoms with Crippen LogP contribution in [0.1, 0.15) is 97.8 Å². The number of cyclic esters (lactones) is 2. The highest BCUT2D eigenvalue weighted by atomic mass is 16.6. The maximum Gasteiger partial charge on any atom is 0.334 e. The summed E-state index contributed by atoms with van der Waals surface area (Å²) in [6.45, 7) is 5.05. The lowest BCUT2D eigenvalue weighted by molar-refractivity contribution is -0.150. The first-order valence-electron chi connectivity index (χ1n) is 11.7. The Morgan fingerprint density at radius 2 is 1.47 bits per heavy atom. The fourth-order valence-electron chi connectivity index (χ4n) is 4.36. The Morgan fingerprint density at radius 1 is 0.900 bits per heavy atom. The molecule has 0 N–H and O–H groups in total. The zero-order chi connectivity index (χ0) is 21.9. The van der Waals surface area contributed by atoms with Gasteiger partial charge in [0.2, 0.25) is 0 Å². The molecule has 2 aliphatic heterocycles. The molecule has 30 heavy (non-hydrogen) atoms. The quantitative estimate of drug-likeness (QED) is 0.222. The van der Waals surface area contributed by atoms with E-state index in [4.69, 9.17) is 14.2 Å². The van der Waals surface area contributed by atoms with Crippen molar-refractivity contribution in [1.29, 1.82) is 0 Å². The van der Waals surface area contributed by atoms with Gasteiger partial charge in [0.05, 0.1) is 5.92 Å². The van der Waals surface area contributed by atoms with Crippen LogP contribution < -0.4 is 0 Å². The topological polar surface area (TPSA) is 78.9 Å². The van der Waals surface area contributed by atoms with Crippen LogP contribution in [-0.4, -0.2) is 36.2 Å². The van der Waals surface area contributed by atoms with Gasteiger partial charge in [-0.05, 0) is 39.2 Å². The van der Waals surface area contributed by atoms with E-state index in [2.05, 4.69) is 0 Å². The number of hydrogen-bond donors (Lipinski definition) is 0. The molecule has 170 valence electrons. The van der Waals surface area contributed by atoms with E-state index in [-0.39, 0.29) is 36.0 Å². The minimum atomic E-state index is -0.436. The minimum Gasteiger partial charge on any atom is -0.458 e. The number of carbonyl (C=O) groups is 3. The second-order valence-electron chi connectivity index (χ2n) is 8.70. The number of unbranched alkanes of at least 4 members (excludes halogenated alkanes) is 9. The molecule has 0 unspecified atom stereocenters. The molecule has 0 aromatic heterocycles. The van der Waals surface area contributed by atoms with Gasteiger partial charge in [0.1, 0.15) is 12.2 Å². The van der Waals surface area contributed by atoms with Crippen LogP contribution in [0.25, 0.3) is 0 Å². The first-order valence-corrected chi connectivity index (χ1v) is 11.7. The van der Waals surface area contributed by atoms with Gasteiger partial charge in [-0.25, -0.2) is 4.79 Å². The van der Waals surface area contributed by atoms with Crippen molar-refractivity contribution in [2.24, 2.45) is 5.92 Å². The van der Waals surface area contributed by atoms with E-state index in [1.165, 1.54) is 51.9 Å². The van der Waals surface area contributed by atoms with E-state index in [0.29, 0.717) is 0 Å². The third-order valence-corrected chi connectivity index (χ3v) is 5.97. The number of hydrogen-bond acceptors (Lipinski definition) is 6. The predicted octanol–water partition coefficient (Wildman–Crippen LogP) is 5.03. The summed E-state index contributed by atoms with van der Waals surface area (Å²) in [6, 6.07) is 0. The molecule has 0 bridgehead atoms. The van der Waals surface area contributed by atoms with Crippen LogP contribution in [0, 0.1) is 5.92 Å². The third kappa shape index (κ3) is 8.11. The van der Waals surface area contributed by atoms with Crippen molar-refractivity contribution in [2.45, 2.75) is 116 Å². The SMILES string of the molecule is CC(=O)O[C@H]1[C@H](C)OC(=O)[C@H]1CCCCCCCCCCCCC1=C[C@H](C)OC1=O. The van der Waals surface area contributed by atoms with Gasteiger partial charge >= 0.3 is 17.9 Å². The molecule has 0 aliphatic carbocycles. The molecule has 0 aromatic rings. The van der Waals surface area contributed by atoms with Gasteiger partial charge in [0, 0.05) is 12.5 Å². The highest BCUT2D eigenvalue weighted by Crippen LogP contribution is 2.29. The van der Waals surface area contributed by atoms with Gasteiger partial charge < -0.3 is 14.2 Å². The Balaban J connectivity index is 1.42. The van der Waals surface area contributed by atoms with E-state index in [1.807, 2.05) is 13.0 Å². The van der Waals surface area contributed by atoms with Crippen molar-refractivity contribution < 1.29 is 28.6 Å². The lowest BCUT2D eigenvalue weighted by Crippen LogP contribution is -2.30. The minimum absolute atomic E-state index is 0.0571.